The van der Waals surface area contributed by atoms with Crippen molar-refractivity contribution >= 4 is 17.8 Å². The van der Waals surface area contributed by atoms with Crippen molar-refractivity contribution in [3.05, 3.63) is 12.2 Å². The first-order valence-corrected chi connectivity index (χ1v) is 4.73. The summed E-state index contributed by atoms with van der Waals surface area (Å²) in [4.78, 5) is 34.1. The number of amides is 2. The van der Waals surface area contributed by atoms with E-state index in [1.165, 1.54) is 6.08 Å². The number of aliphatic carboxylic acids is 1. The van der Waals surface area contributed by atoms with Crippen LogP contribution in [-0.4, -0.2) is 34.3 Å². The van der Waals surface area contributed by atoms with Gasteiger partial charge in [-0.25, -0.2) is 4.79 Å². The van der Waals surface area contributed by atoms with Crippen LogP contribution in [0.3, 0.4) is 0 Å². The fourth-order valence-corrected chi connectivity index (χ4v) is 1.49. The molecule has 0 aromatic rings. The summed E-state index contributed by atoms with van der Waals surface area (Å²) in [5.74, 6) is -1.45. The van der Waals surface area contributed by atoms with Crippen LogP contribution in [0.2, 0.25) is 0 Å². The zero-order valence-electron chi connectivity index (χ0n) is 8.47. The Balaban J connectivity index is 2.57. The zero-order chi connectivity index (χ0) is 11.4. The molecule has 1 aliphatic heterocycles. The van der Waals surface area contributed by atoms with Gasteiger partial charge in [-0.15, -0.1) is 0 Å². The van der Waals surface area contributed by atoms with Crippen molar-refractivity contribution in [2.75, 3.05) is 6.54 Å². The minimum atomic E-state index is -1.08. The maximum Gasteiger partial charge on any atom is 0.328 e. The van der Waals surface area contributed by atoms with E-state index in [1.807, 2.05) is 6.92 Å². The number of rotatable bonds is 3. The first-order chi connectivity index (χ1) is 7.00. The molecule has 82 valence electrons. The molecule has 1 aliphatic rings. The highest BCUT2D eigenvalue weighted by molar-refractivity contribution is 5.98. The van der Waals surface area contributed by atoms with Gasteiger partial charge in [-0.05, 0) is 5.92 Å². The highest BCUT2D eigenvalue weighted by Crippen LogP contribution is 2.18. The number of imide groups is 1. The van der Waals surface area contributed by atoms with Crippen molar-refractivity contribution < 1.29 is 19.5 Å². The van der Waals surface area contributed by atoms with Gasteiger partial charge in [-0.3, -0.25) is 14.5 Å². The lowest BCUT2D eigenvalue weighted by Gasteiger charge is -2.27. The SMILES string of the molecule is CC1CC(=O)N(C/C=C/C(=O)O)C(=O)C1. The summed E-state index contributed by atoms with van der Waals surface area (Å²) in [7, 11) is 0. The Labute approximate surface area is 87.4 Å². The molecular formula is C10H13NO4. The lowest BCUT2D eigenvalue weighted by atomic mass is 9.98. The summed E-state index contributed by atoms with van der Waals surface area (Å²) < 4.78 is 0. The highest BCUT2D eigenvalue weighted by Gasteiger charge is 2.29. The Bertz CT molecular complexity index is 303. The number of hydrogen-bond acceptors (Lipinski definition) is 3. The number of carboxylic acid groups (broad SMARTS) is 1. The quantitative estimate of drug-likeness (QED) is 0.542. The number of nitrogens with zero attached hydrogens (tertiary/aromatic N) is 1. The van der Waals surface area contributed by atoms with E-state index in [4.69, 9.17) is 5.11 Å². The third kappa shape index (κ3) is 3.19. The van der Waals surface area contributed by atoms with E-state index in [-0.39, 0.29) is 24.3 Å². The fourth-order valence-electron chi connectivity index (χ4n) is 1.49. The van der Waals surface area contributed by atoms with Crippen LogP contribution in [0.5, 0.6) is 0 Å². The third-order valence-corrected chi connectivity index (χ3v) is 2.20. The van der Waals surface area contributed by atoms with Gasteiger partial charge in [0.05, 0.1) is 0 Å². The molecule has 0 atom stereocenters. The molecule has 0 radical (unpaired) electrons. The van der Waals surface area contributed by atoms with Gasteiger partial charge in [0.25, 0.3) is 0 Å². The second-order valence-electron chi connectivity index (χ2n) is 3.65. The summed E-state index contributed by atoms with van der Waals surface area (Å²) >= 11 is 0. The summed E-state index contributed by atoms with van der Waals surface area (Å²) in [6.45, 7) is 1.90. The molecule has 0 unspecified atom stereocenters. The normalized spacial score (nSPS) is 18.9. The minimum absolute atomic E-state index is 0.0523. The highest BCUT2D eigenvalue weighted by atomic mass is 16.4. The smallest absolute Gasteiger partial charge is 0.328 e. The molecule has 5 nitrogen and oxygen atoms in total. The van der Waals surface area contributed by atoms with Gasteiger partial charge in [-0.2, -0.15) is 0 Å². The van der Waals surface area contributed by atoms with E-state index in [0.717, 1.165) is 11.0 Å². The van der Waals surface area contributed by atoms with Gasteiger partial charge in [0.2, 0.25) is 11.8 Å². The van der Waals surface area contributed by atoms with Gasteiger partial charge >= 0.3 is 5.97 Å². The first kappa shape index (κ1) is 11.4. The fraction of sp³-hybridized carbons (Fsp3) is 0.500. The van der Waals surface area contributed by atoms with Gasteiger partial charge in [-0.1, -0.05) is 13.0 Å². The molecule has 2 amide bonds. The Hall–Kier alpha value is -1.65. The van der Waals surface area contributed by atoms with Gasteiger partial charge in [0.15, 0.2) is 0 Å². The number of carboxylic acids is 1. The van der Waals surface area contributed by atoms with Crippen molar-refractivity contribution in [2.45, 2.75) is 19.8 Å². The standard InChI is InChI=1S/C10H13NO4/c1-7-5-8(12)11(9(13)6-7)4-2-3-10(14)15/h2-3,7H,4-6H2,1H3,(H,14,15)/b3-2+. The maximum absolute atomic E-state index is 11.4. The Morgan fingerprint density at radius 3 is 2.47 bits per heavy atom. The molecule has 0 saturated carbocycles. The van der Waals surface area contributed by atoms with Gasteiger partial charge in [0.1, 0.15) is 0 Å². The number of carbonyl (C=O) groups is 3. The van der Waals surface area contributed by atoms with Crippen LogP contribution >= 0.6 is 0 Å². The van der Waals surface area contributed by atoms with Crippen LogP contribution in [0.1, 0.15) is 19.8 Å². The van der Waals surface area contributed by atoms with E-state index in [9.17, 15) is 14.4 Å². The monoisotopic (exact) mass is 211 g/mol. The van der Waals surface area contributed by atoms with E-state index < -0.39 is 5.97 Å². The molecule has 1 saturated heterocycles. The Morgan fingerprint density at radius 1 is 1.47 bits per heavy atom. The van der Waals surface area contributed by atoms with Crippen LogP contribution in [-0.2, 0) is 14.4 Å². The predicted molar refractivity (Wildman–Crippen MR) is 51.9 cm³/mol. The lowest BCUT2D eigenvalue weighted by molar-refractivity contribution is -0.149. The average Bonchev–Trinajstić information content (AvgIpc) is 2.08. The van der Waals surface area contributed by atoms with E-state index in [0.29, 0.717) is 12.8 Å². The molecule has 5 heteroatoms. The molecule has 0 aromatic carbocycles. The molecule has 0 aromatic heterocycles. The van der Waals surface area contributed by atoms with Gasteiger partial charge < -0.3 is 5.11 Å². The zero-order valence-corrected chi connectivity index (χ0v) is 8.47. The predicted octanol–water partition coefficient (Wildman–Crippen LogP) is 0.412. The molecular weight excluding hydrogens is 198 g/mol. The van der Waals surface area contributed by atoms with Crippen LogP contribution < -0.4 is 0 Å². The molecule has 0 spiro atoms. The summed E-state index contributed by atoms with van der Waals surface area (Å²) in [5, 5.41) is 8.34. The van der Waals surface area contributed by atoms with Gasteiger partial charge in [0, 0.05) is 25.5 Å². The molecule has 15 heavy (non-hydrogen) atoms. The lowest BCUT2D eigenvalue weighted by Crippen LogP contribution is -2.42. The number of likely N-dealkylation sites (tertiary alicyclic amines) is 1. The maximum atomic E-state index is 11.4. The molecule has 1 N–H and O–H groups in total. The summed E-state index contributed by atoms with van der Waals surface area (Å²) in [6, 6.07) is 0. The molecule has 1 heterocycles. The number of carbonyl (C=O) groups excluding carboxylic acids is 2. The topological polar surface area (TPSA) is 74.7 Å². The molecule has 0 aliphatic carbocycles. The number of piperidine rings is 1. The van der Waals surface area contributed by atoms with Crippen molar-refractivity contribution in [1.29, 1.82) is 0 Å². The average molecular weight is 211 g/mol. The summed E-state index contributed by atoms with van der Waals surface area (Å²) in [5.41, 5.74) is 0. The van der Waals surface area contributed by atoms with Crippen molar-refractivity contribution in [3.63, 3.8) is 0 Å². The first-order valence-electron chi connectivity index (χ1n) is 4.73. The van der Waals surface area contributed by atoms with E-state index in [2.05, 4.69) is 0 Å². The van der Waals surface area contributed by atoms with Crippen LogP contribution in [0.25, 0.3) is 0 Å². The molecule has 1 rings (SSSR count). The molecule has 1 fully saturated rings. The second kappa shape index (κ2) is 4.72. The van der Waals surface area contributed by atoms with Crippen LogP contribution in [0.15, 0.2) is 12.2 Å². The number of hydrogen-bond donors (Lipinski definition) is 1. The Morgan fingerprint density at radius 2 is 2.00 bits per heavy atom. The van der Waals surface area contributed by atoms with E-state index in [1.54, 1.807) is 0 Å². The third-order valence-electron chi connectivity index (χ3n) is 2.20. The Kier molecular flexibility index (Phi) is 3.60. The minimum Gasteiger partial charge on any atom is -0.478 e. The summed E-state index contributed by atoms with van der Waals surface area (Å²) in [6.07, 6.45) is 2.94. The van der Waals surface area contributed by atoms with Crippen molar-refractivity contribution in [1.82, 2.24) is 4.90 Å². The molecule has 0 bridgehead atoms. The van der Waals surface area contributed by atoms with Crippen molar-refractivity contribution in [3.8, 4) is 0 Å². The largest absolute Gasteiger partial charge is 0.478 e. The van der Waals surface area contributed by atoms with Crippen molar-refractivity contribution in [2.24, 2.45) is 5.92 Å². The van der Waals surface area contributed by atoms with Crippen LogP contribution in [0.4, 0.5) is 0 Å². The second-order valence-corrected chi connectivity index (χ2v) is 3.65. The van der Waals surface area contributed by atoms with Crippen LogP contribution in [0, 0.1) is 5.92 Å². The van der Waals surface area contributed by atoms with E-state index >= 15 is 0 Å².